The van der Waals surface area contributed by atoms with E-state index in [2.05, 4.69) is 5.32 Å². The van der Waals surface area contributed by atoms with E-state index in [1.54, 1.807) is 43.3 Å². The summed E-state index contributed by atoms with van der Waals surface area (Å²) in [5, 5.41) is 3.33. The predicted molar refractivity (Wildman–Crippen MR) is 92.8 cm³/mol. The van der Waals surface area contributed by atoms with Crippen LogP contribution in [0.1, 0.15) is 31.9 Å². The lowest BCUT2D eigenvalue weighted by Gasteiger charge is -2.21. The average molecular weight is 351 g/mol. The number of halogens is 2. The molecule has 128 valence electrons. The summed E-state index contributed by atoms with van der Waals surface area (Å²) in [6.07, 6.45) is 0.174. The Morgan fingerprint density at radius 2 is 1.92 bits per heavy atom. The molecule has 3 N–H and O–H groups in total. The first-order chi connectivity index (χ1) is 11.4. The van der Waals surface area contributed by atoms with Crippen LogP contribution >= 0.6 is 11.6 Å². The third kappa shape index (κ3) is 4.69. The van der Waals surface area contributed by atoms with E-state index >= 15 is 0 Å². The number of ether oxygens (including phenoxy) is 1. The minimum atomic E-state index is -0.530. The summed E-state index contributed by atoms with van der Waals surface area (Å²) in [5.41, 5.74) is 5.58. The van der Waals surface area contributed by atoms with Crippen LogP contribution in [0.2, 0.25) is 5.02 Å². The molecule has 24 heavy (non-hydrogen) atoms. The van der Waals surface area contributed by atoms with Gasteiger partial charge in [-0.2, -0.15) is 0 Å². The van der Waals surface area contributed by atoms with Crippen LogP contribution < -0.4 is 15.8 Å². The van der Waals surface area contributed by atoms with Crippen LogP contribution in [-0.2, 0) is 4.79 Å². The van der Waals surface area contributed by atoms with Gasteiger partial charge in [0, 0.05) is 24.1 Å². The van der Waals surface area contributed by atoms with Crippen molar-refractivity contribution in [1.29, 1.82) is 0 Å². The van der Waals surface area contributed by atoms with E-state index in [0.717, 1.165) is 0 Å². The van der Waals surface area contributed by atoms with E-state index in [1.807, 2.05) is 13.0 Å². The molecule has 0 aromatic heterocycles. The molecule has 0 heterocycles. The van der Waals surface area contributed by atoms with Gasteiger partial charge in [0.1, 0.15) is 5.75 Å². The number of hydrogen-bond acceptors (Lipinski definition) is 3. The predicted octanol–water partition coefficient (Wildman–Crippen LogP) is 4.19. The van der Waals surface area contributed by atoms with E-state index in [-0.39, 0.29) is 29.3 Å². The second-order valence-electron chi connectivity index (χ2n) is 5.65. The van der Waals surface area contributed by atoms with E-state index in [4.69, 9.17) is 22.1 Å². The summed E-state index contributed by atoms with van der Waals surface area (Å²) in [6, 6.07) is 11.5. The molecular weight excluding hydrogens is 331 g/mol. The van der Waals surface area contributed by atoms with Gasteiger partial charge in [0.2, 0.25) is 5.91 Å². The molecule has 6 heteroatoms. The van der Waals surface area contributed by atoms with Crippen molar-refractivity contribution in [3.63, 3.8) is 0 Å². The first kappa shape index (κ1) is 18.2. The van der Waals surface area contributed by atoms with E-state index in [1.165, 1.54) is 0 Å². The lowest BCUT2D eigenvalue weighted by molar-refractivity contribution is -0.118. The van der Waals surface area contributed by atoms with Crippen LogP contribution in [0.3, 0.4) is 0 Å². The van der Waals surface area contributed by atoms with Crippen molar-refractivity contribution in [1.82, 2.24) is 5.32 Å². The number of nitrogens with one attached hydrogen (secondary N) is 1. The highest BCUT2D eigenvalue weighted by molar-refractivity contribution is 6.32. The topological polar surface area (TPSA) is 64.4 Å². The standard InChI is InChI=1S/C18H20ClFN2O2/c1-11(10-16(21)23)22-12(2)14-8-9-15(19)18(17(14)20)24-13-6-4-3-5-7-13/h3-9,11-12,22H,10H2,1-2H3,(H2,21,23)/t11-,12-/m1/s1. The Morgan fingerprint density at radius 3 is 2.54 bits per heavy atom. The van der Waals surface area contributed by atoms with Gasteiger partial charge in [-0.25, -0.2) is 4.39 Å². The van der Waals surface area contributed by atoms with Gasteiger partial charge in [-0.3, -0.25) is 4.79 Å². The molecule has 0 saturated carbocycles. The number of benzene rings is 2. The van der Waals surface area contributed by atoms with Gasteiger partial charge in [-0.05, 0) is 32.0 Å². The molecule has 1 amide bonds. The minimum absolute atomic E-state index is 0.0171. The number of amides is 1. The summed E-state index contributed by atoms with van der Waals surface area (Å²) in [5.74, 6) is -0.459. The maximum Gasteiger partial charge on any atom is 0.218 e. The number of carbonyl (C=O) groups excluding carboxylic acids is 1. The first-order valence-electron chi connectivity index (χ1n) is 7.63. The van der Waals surface area contributed by atoms with Crippen molar-refractivity contribution in [2.24, 2.45) is 5.73 Å². The van der Waals surface area contributed by atoms with Gasteiger partial charge < -0.3 is 15.8 Å². The summed E-state index contributed by atoms with van der Waals surface area (Å²) in [7, 11) is 0. The fourth-order valence-corrected chi connectivity index (χ4v) is 2.64. The minimum Gasteiger partial charge on any atom is -0.453 e. The van der Waals surface area contributed by atoms with Crippen molar-refractivity contribution in [3.8, 4) is 11.5 Å². The van der Waals surface area contributed by atoms with Crippen LogP contribution in [0.25, 0.3) is 0 Å². The van der Waals surface area contributed by atoms with Gasteiger partial charge >= 0.3 is 0 Å². The Labute approximate surface area is 145 Å². The smallest absolute Gasteiger partial charge is 0.218 e. The van der Waals surface area contributed by atoms with Gasteiger partial charge in [-0.15, -0.1) is 0 Å². The summed E-state index contributed by atoms with van der Waals surface area (Å²) in [6.45, 7) is 3.62. The molecule has 2 rings (SSSR count). The third-order valence-corrected chi connectivity index (χ3v) is 3.85. The Morgan fingerprint density at radius 1 is 1.25 bits per heavy atom. The number of primary amides is 1. The highest BCUT2D eigenvalue weighted by Gasteiger charge is 2.20. The van der Waals surface area contributed by atoms with E-state index in [0.29, 0.717) is 11.3 Å². The quantitative estimate of drug-likeness (QED) is 0.787. The lowest BCUT2D eigenvalue weighted by atomic mass is 10.1. The normalized spacial score (nSPS) is 13.3. The molecule has 0 aliphatic rings. The molecule has 0 aliphatic heterocycles. The molecule has 0 spiro atoms. The lowest BCUT2D eigenvalue weighted by Crippen LogP contribution is -2.33. The molecule has 2 aromatic carbocycles. The van der Waals surface area contributed by atoms with Gasteiger partial charge in [0.15, 0.2) is 11.6 Å². The maximum absolute atomic E-state index is 14.8. The van der Waals surface area contributed by atoms with Gasteiger partial charge in [-0.1, -0.05) is 35.9 Å². The summed E-state index contributed by atoms with van der Waals surface area (Å²) < 4.78 is 20.4. The summed E-state index contributed by atoms with van der Waals surface area (Å²) >= 11 is 6.08. The molecule has 2 aromatic rings. The number of rotatable bonds is 7. The molecule has 0 unspecified atom stereocenters. The molecule has 0 bridgehead atoms. The zero-order valence-corrected chi connectivity index (χ0v) is 14.3. The Kier molecular flexibility index (Phi) is 6.17. The molecule has 0 aliphatic carbocycles. The number of nitrogens with two attached hydrogens (primary N) is 1. The molecule has 0 fully saturated rings. The zero-order valence-electron chi connectivity index (χ0n) is 13.6. The van der Waals surface area contributed by atoms with E-state index < -0.39 is 11.7 Å². The monoisotopic (exact) mass is 350 g/mol. The fraction of sp³-hybridized carbons (Fsp3) is 0.278. The van der Waals surface area contributed by atoms with Crippen molar-refractivity contribution in [2.45, 2.75) is 32.4 Å². The average Bonchev–Trinajstić information content (AvgIpc) is 2.51. The van der Waals surface area contributed by atoms with Crippen molar-refractivity contribution in [3.05, 3.63) is 58.9 Å². The summed E-state index contributed by atoms with van der Waals surface area (Å²) in [4.78, 5) is 11.0. The molecule has 2 atom stereocenters. The van der Waals surface area contributed by atoms with Gasteiger partial charge in [0.25, 0.3) is 0 Å². The highest BCUT2D eigenvalue weighted by atomic mass is 35.5. The molecule has 4 nitrogen and oxygen atoms in total. The van der Waals surface area contributed by atoms with Crippen molar-refractivity contribution in [2.75, 3.05) is 0 Å². The van der Waals surface area contributed by atoms with Crippen LogP contribution in [0.5, 0.6) is 11.5 Å². The first-order valence-corrected chi connectivity index (χ1v) is 8.01. The van der Waals surface area contributed by atoms with Crippen LogP contribution in [0, 0.1) is 5.82 Å². The maximum atomic E-state index is 14.8. The molecule has 0 radical (unpaired) electrons. The Bertz CT molecular complexity index is 710. The Hall–Kier alpha value is -2.11. The van der Waals surface area contributed by atoms with Crippen molar-refractivity contribution >= 4 is 17.5 Å². The van der Waals surface area contributed by atoms with Crippen LogP contribution in [-0.4, -0.2) is 11.9 Å². The molecule has 0 saturated heterocycles. The fourth-order valence-electron chi connectivity index (χ4n) is 2.46. The second kappa shape index (κ2) is 8.13. The zero-order chi connectivity index (χ0) is 17.7. The number of carbonyl (C=O) groups is 1. The second-order valence-corrected chi connectivity index (χ2v) is 6.06. The van der Waals surface area contributed by atoms with Crippen LogP contribution in [0.4, 0.5) is 4.39 Å². The van der Waals surface area contributed by atoms with E-state index in [9.17, 15) is 9.18 Å². The van der Waals surface area contributed by atoms with Crippen LogP contribution in [0.15, 0.2) is 42.5 Å². The SMILES string of the molecule is C[C@H](CC(N)=O)N[C@H](C)c1ccc(Cl)c(Oc2ccccc2)c1F. The number of hydrogen-bond donors (Lipinski definition) is 2. The number of para-hydroxylation sites is 1. The Balaban J connectivity index is 2.22. The third-order valence-electron chi connectivity index (χ3n) is 3.55. The molecular formula is C18H20ClFN2O2. The van der Waals surface area contributed by atoms with Gasteiger partial charge in [0.05, 0.1) is 5.02 Å². The largest absolute Gasteiger partial charge is 0.453 e. The highest BCUT2D eigenvalue weighted by Crippen LogP contribution is 2.35. The van der Waals surface area contributed by atoms with Crippen molar-refractivity contribution < 1.29 is 13.9 Å².